The second kappa shape index (κ2) is 18.8. The normalized spacial score (nSPS) is 12.5. The lowest BCUT2D eigenvalue weighted by Gasteiger charge is -2.33. The quantitative estimate of drug-likeness (QED) is 0.0953. The Hall–Kier alpha value is -6.64. The summed E-state index contributed by atoms with van der Waals surface area (Å²) in [6.45, 7) is 4.63. The van der Waals surface area contributed by atoms with Crippen LogP contribution in [-0.2, 0) is 5.41 Å². The molecule has 0 saturated heterocycles. The minimum Gasteiger partial charge on any atom is -0.508 e. The first-order valence-corrected chi connectivity index (χ1v) is 23.2. The summed E-state index contributed by atoms with van der Waals surface area (Å²) in [6, 6.07) is 65.1. The minimum absolute atomic E-state index is 0.0312. The smallest absolute Gasteiger partial charge is 0.115 e. The lowest BCUT2D eigenvalue weighted by molar-refractivity contribution is 0.401. The van der Waals surface area contributed by atoms with Crippen LogP contribution in [0.5, 0.6) is 11.5 Å². The molecule has 0 aliphatic heterocycles. The number of hydrogen-bond acceptors (Lipinski definition) is 2. The SMILES string of the molecule is CCCCCCC1(CCCCCC)c2cc(-c3ccc(-c4ccc(-c5ccc(O)cc5)cc4)cc3)ccc2-c2ccc(-c3ccc(-c4ccc(-c5ccc(O)cc5)cc4)cc3)cc21. The van der Waals surface area contributed by atoms with Crippen molar-refractivity contribution in [1.29, 1.82) is 0 Å². The van der Waals surface area contributed by atoms with Gasteiger partial charge in [-0.1, -0.05) is 211 Å². The number of unbranched alkanes of at least 4 members (excludes halogenated alkanes) is 6. The number of phenolic OH excluding ortho intramolecular Hbond substituents is 2. The Bertz CT molecular complexity index is 2560. The topological polar surface area (TPSA) is 40.5 Å². The van der Waals surface area contributed by atoms with Crippen molar-refractivity contribution in [3.05, 3.63) is 193 Å². The number of fused-ring (bicyclic) bond motifs is 3. The van der Waals surface area contributed by atoms with Gasteiger partial charge in [0.15, 0.2) is 0 Å². The van der Waals surface area contributed by atoms with E-state index in [4.69, 9.17) is 0 Å². The van der Waals surface area contributed by atoms with E-state index in [0.717, 1.165) is 22.3 Å². The molecule has 1 aliphatic carbocycles. The standard InChI is InChI=1S/C61H58O2/c1-3-5-7-9-39-61(40-10-8-6-4-2)59-41-53(51-23-19-45(20-24-51)43-11-15-47(16-12-43)49-27-33-55(62)34-28-49)31-37-57(59)58-38-32-54(42-60(58)61)52-25-21-46(22-26-52)44-13-17-48(18-14-44)50-29-35-56(63)36-30-50/h11-38,41-42,62-63H,3-10,39-40H2,1-2H3. The molecule has 0 aromatic heterocycles. The molecule has 0 amide bonds. The first-order valence-electron chi connectivity index (χ1n) is 23.2. The highest BCUT2D eigenvalue weighted by Gasteiger charge is 2.42. The van der Waals surface area contributed by atoms with Gasteiger partial charge in [0.05, 0.1) is 0 Å². The summed E-state index contributed by atoms with van der Waals surface area (Å²) in [6.07, 6.45) is 12.4. The summed E-state index contributed by atoms with van der Waals surface area (Å²) < 4.78 is 0. The van der Waals surface area contributed by atoms with Gasteiger partial charge in [-0.3, -0.25) is 0 Å². The lowest BCUT2D eigenvalue weighted by Crippen LogP contribution is -2.25. The lowest BCUT2D eigenvalue weighted by atomic mass is 9.70. The molecule has 8 aromatic carbocycles. The third kappa shape index (κ3) is 8.86. The van der Waals surface area contributed by atoms with Gasteiger partial charge in [-0.2, -0.15) is 0 Å². The van der Waals surface area contributed by atoms with Crippen LogP contribution < -0.4 is 0 Å². The van der Waals surface area contributed by atoms with Crippen molar-refractivity contribution in [2.24, 2.45) is 0 Å². The van der Waals surface area contributed by atoms with Gasteiger partial charge in [0, 0.05) is 5.41 Å². The molecular weight excluding hydrogens is 765 g/mol. The van der Waals surface area contributed by atoms with Crippen LogP contribution in [-0.4, -0.2) is 10.2 Å². The van der Waals surface area contributed by atoms with Crippen molar-refractivity contribution in [3.8, 4) is 89.4 Å². The van der Waals surface area contributed by atoms with E-state index in [0.29, 0.717) is 0 Å². The van der Waals surface area contributed by atoms with E-state index < -0.39 is 0 Å². The molecular formula is C61H58O2. The van der Waals surface area contributed by atoms with Crippen LogP contribution in [0.3, 0.4) is 0 Å². The van der Waals surface area contributed by atoms with E-state index >= 15 is 0 Å². The van der Waals surface area contributed by atoms with Crippen molar-refractivity contribution in [2.75, 3.05) is 0 Å². The van der Waals surface area contributed by atoms with Crippen molar-refractivity contribution in [2.45, 2.75) is 83.5 Å². The Balaban J connectivity index is 1.02. The molecule has 9 rings (SSSR count). The van der Waals surface area contributed by atoms with E-state index in [1.54, 1.807) is 24.3 Å². The van der Waals surface area contributed by atoms with E-state index in [1.807, 2.05) is 24.3 Å². The molecule has 8 aromatic rings. The van der Waals surface area contributed by atoms with Crippen LogP contribution in [0.2, 0.25) is 0 Å². The van der Waals surface area contributed by atoms with Crippen LogP contribution in [0.1, 0.15) is 89.2 Å². The van der Waals surface area contributed by atoms with Gasteiger partial charge >= 0.3 is 0 Å². The first-order chi connectivity index (χ1) is 30.9. The highest BCUT2D eigenvalue weighted by Crippen LogP contribution is 2.56. The Kier molecular flexibility index (Phi) is 12.4. The number of rotatable bonds is 16. The zero-order chi connectivity index (χ0) is 43.2. The molecule has 2 heteroatoms. The summed E-state index contributed by atoms with van der Waals surface area (Å²) in [5.41, 5.74) is 20.1. The molecule has 0 atom stereocenters. The minimum atomic E-state index is -0.0312. The number of benzene rings is 8. The van der Waals surface area contributed by atoms with Crippen LogP contribution in [0.4, 0.5) is 0 Å². The summed E-state index contributed by atoms with van der Waals surface area (Å²) in [7, 11) is 0. The van der Waals surface area contributed by atoms with Gasteiger partial charge in [0.1, 0.15) is 11.5 Å². The average molecular weight is 823 g/mol. The second-order valence-corrected chi connectivity index (χ2v) is 17.6. The number of hydrogen-bond donors (Lipinski definition) is 2. The Labute approximate surface area is 374 Å². The highest BCUT2D eigenvalue weighted by molar-refractivity contribution is 5.87. The molecule has 2 nitrogen and oxygen atoms in total. The van der Waals surface area contributed by atoms with Crippen molar-refractivity contribution >= 4 is 0 Å². The van der Waals surface area contributed by atoms with Crippen LogP contribution >= 0.6 is 0 Å². The molecule has 0 radical (unpaired) electrons. The van der Waals surface area contributed by atoms with Crippen molar-refractivity contribution in [3.63, 3.8) is 0 Å². The average Bonchev–Trinajstić information content (AvgIpc) is 3.60. The molecule has 314 valence electrons. The van der Waals surface area contributed by atoms with Gasteiger partial charge in [-0.15, -0.1) is 0 Å². The van der Waals surface area contributed by atoms with Crippen molar-refractivity contribution in [1.82, 2.24) is 0 Å². The van der Waals surface area contributed by atoms with Gasteiger partial charge in [0.2, 0.25) is 0 Å². The molecule has 2 N–H and O–H groups in total. The predicted molar refractivity (Wildman–Crippen MR) is 266 cm³/mol. The van der Waals surface area contributed by atoms with Gasteiger partial charge in [-0.25, -0.2) is 0 Å². The van der Waals surface area contributed by atoms with Crippen molar-refractivity contribution < 1.29 is 10.2 Å². The van der Waals surface area contributed by atoms with E-state index in [9.17, 15) is 10.2 Å². The maximum Gasteiger partial charge on any atom is 0.115 e. The molecule has 0 spiro atoms. The number of aromatic hydroxyl groups is 2. The number of phenols is 2. The first kappa shape index (κ1) is 41.7. The fourth-order valence-corrected chi connectivity index (χ4v) is 9.95. The van der Waals surface area contributed by atoms with E-state index in [-0.39, 0.29) is 16.9 Å². The zero-order valence-electron chi connectivity index (χ0n) is 36.8. The van der Waals surface area contributed by atoms with E-state index in [1.165, 1.54) is 131 Å². The summed E-state index contributed by atoms with van der Waals surface area (Å²) in [4.78, 5) is 0. The van der Waals surface area contributed by atoms with Gasteiger partial charge in [0.25, 0.3) is 0 Å². The Morgan fingerprint density at radius 1 is 0.286 bits per heavy atom. The summed E-state index contributed by atoms with van der Waals surface area (Å²) in [5, 5.41) is 19.5. The molecule has 0 fully saturated rings. The molecule has 1 aliphatic rings. The van der Waals surface area contributed by atoms with Crippen LogP contribution in [0, 0.1) is 0 Å². The highest BCUT2D eigenvalue weighted by atomic mass is 16.3. The maximum atomic E-state index is 9.73. The third-order valence-electron chi connectivity index (χ3n) is 13.5. The Morgan fingerprint density at radius 3 is 0.794 bits per heavy atom. The van der Waals surface area contributed by atoms with Gasteiger partial charge in [-0.05, 0) is 138 Å². The van der Waals surface area contributed by atoms with E-state index in [2.05, 4.69) is 147 Å². The molecule has 0 unspecified atom stereocenters. The van der Waals surface area contributed by atoms with Crippen LogP contribution in [0.15, 0.2) is 182 Å². The van der Waals surface area contributed by atoms with Crippen LogP contribution in [0.25, 0.3) is 77.9 Å². The largest absolute Gasteiger partial charge is 0.508 e. The Morgan fingerprint density at radius 2 is 0.524 bits per heavy atom. The molecule has 63 heavy (non-hydrogen) atoms. The molecule has 0 bridgehead atoms. The zero-order valence-corrected chi connectivity index (χ0v) is 36.8. The summed E-state index contributed by atoms with van der Waals surface area (Å²) >= 11 is 0. The molecule has 0 heterocycles. The maximum absolute atomic E-state index is 9.73. The molecule has 0 saturated carbocycles. The van der Waals surface area contributed by atoms with Gasteiger partial charge < -0.3 is 10.2 Å². The fourth-order valence-electron chi connectivity index (χ4n) is 9.95. The predicted octanol–water partition coefficient (Wildman–Crippen LogP) is 17.3. The fraction of sp³-hybridized carbons (Fsp3) is 0.213. The second-order valence-electron chi connectivity index (χ2n) is 17.6. The monoisotopic (exact) mass is 822 g/mol. The third-order valence-corrected chi connectivity index (χ3v) is 13.5. The summed E-state index contributed by atoms with van der Waals surface area (Å²) in [5.74, 6) is 0.569.